The van der Waals surface area contributed by atoms with Crippen molar-refractivity contribution in [3.05, 3.63) is 24.3 Å². The predicted octanol–water partition coefficient (Wildman–Crippen LogP) is 3.89. The van der Waals surface area contributed by atoms with Crippen LogP contribution in [0.25, 0.3) is 11.0 Å². The molecule has 0 amide bonds. The summed E-state index contributed by atoms with van der Waals surface area (Å²) in [6, 6.07) is 2.04. The summed E-state index contributed by atoms with van der Waals surface area (Å²) in [5, 5.41) is 0. The lowest BCUT2D eigenvalue weighted by atomic mass is 9.82. The quantitative estimate of drug-likeness (QED) is 0.795. The molecular formula is C15H22ClN3. The molecule has 1 atom stereocenters. The second-order valence-electron chi connectivity index (χ2n) is 6.21. The molecule has 0 N–H and O–H groups in total. The highest BCUT2D eigenvalue weighted by molar-refractivity contribution is 6.17. The van der Waals surface area contributed by atoms with E-state index in [1.807, 2.05) is 18.5 Å². The smallest absolute Gasteiger partial charge is 0.111 e. The number of fused-ring (bicyclic) bond motifs is 1. The van der Waals surface area contributed by atoms with Crippen LogP contribution in [0.3, 0.4) is 0 Å². The van der Waals surface area contributed by atoms with E-state index >= 15 is 0 Å². The van der Waals surface area contributed by atoms with Crippen LogP contribution in [0.4, 0.5) is 0 Å². The molecule has 19 heavy (non-hydrogen) atoms. The molecule has 0 aromatic carbocycles. The van der Waals surface area contributed by atoms with E-state index in [0.29, 0.717) is 11.8 Å². The van der Waals surface area contributed by atoms with Gasteiger partial charge in [-0.25, -0.2) is 4.98 Å². The van der Waals surface area contributed by atoms with Gasteiger partial charge in [0.2, 0.25) is 0 Å². The summed E-state index contributed by atoms with van der Waals surface area (Å²) in [6.07, 6.45) is 4.45. The van der Waals surface area contributed by atoms with E-state index in [4.69, 9.17) is 11.6 Å². The van der Waals surface area contributed by atoms with Gasteiger partial charge in [-0.3, -0.25) is 4.98 Å². The van der Waals surface area contributed by atoms with Crippen LogP contribution in [0, 0.1) is 11.3 Å². The minimum atomic E-state index is 0.280. The molecule has 0 aliphatic heterocycles. The average Bonchev–Trinajstić information content (AvgIpc) is 2.67. The number of hydrogen-bond acceptors (Lipinski definition) is 2. The Bertz CT molecular complexity index is 554. The number of imidazole rings is 1. The lowest BCUT2D eigenvalue weighted by Crippen LogP contribution is -2.23. The second-order valence-corrected chi connectivity index (χ2v) is 6.59. The van der Waals surface area contributed by atoms with Crippen molar-refractivity contribution in [2.24, 2.45) is 11.3 Å². The zero-order valence-corrected chi connectivity index (χ0v) is 12.9. The van der Waals surface area contributed by atoms with Gasteiger partial charge in [-0.05, 0) is 17.4 Å². The Kier molecular flexibility index (Phi) is 4.14. The highest BCUT2D eigenvalue weighted by atomic mass is 35.5. The van der Waals surface area contributed by atoms with Crippen LogP contribution in [0.15, 0.2) is 18.5 Å². The largest absolute Gasteiger partial charge is 0.328 e. The van der Waals surface area contributed by atoms with Crippen molar-refractivity contribution < 1.29 is 0 Å². The third kappa shape index (κ3) is 3.08. The van der Waals surface area contributed by atoms with Gasteiger partial charge in [0.25, 0.3) is 0 Å². The van der Waals surface area contributed by atoms with Gasteiger partial charge in [0.05, 0.1) is 11.7 Å². The third-order valence-corrected chi connectivity index (χ3v) is 4.07. The van der Waals surface area contributed by atoms with Crippen molar-refractivity contribution in [2.45, 2.75) is 40.7 Å². The average molecular weight is 280 g/mol. The van der Waals surface area contributed by atoms with Gasteiger partial charge in [-0.2, -0.15) is 0 Å². The van der Waals surface area contributed by atoms with E-state index < -0.39 is 0 Å². The van der Waals surface area contributed by atoms with Gasteiger partial charge in [0, 0.05) is 25.0 Å². The van der Waals surface area contributed by atoms with E-state index in [-0.39, 0.29) is 5.41 Å². The number of pyridine rings is 1. The summed E-state index contributed by atoms with van der Waals surface area (Å²) in [4.78, 5) is 8.80. The third-order valence-electron chi connectivity index (χ3n) is 3.88. The topological polar surface area (TPSA) is 30.7 Å². The van der Waals surface area contributed by atoms with Gasteiger partial charge in [0.1, 0.15) is 11.3 Å². The zero-order valence-electron chi connectivity index (χ0n) is 12.2. The lowest BCUT2D eigenvalue weighted by Gasteiger charge is -2.28. The summed E-state index contributed by atoms with van der Waals surface area (Å²) in [7, 11) is 0. The standard InChI is InChI=1S/C15H22ClN3/c1-11(15(2,3)4)10-19-13-6-8-17-9-12(13)18-14(19)5-7-16/h6,8-9,11H,5,7,10H2,1-4H3. The Morgan fingerprint density at radius 3 is 2.74 bits per heavy atom. The van der Waals surface area contributed by atoms with Crippen LogP contribution < -0.4 is 0 Å². The van der Waals surface area contributed by atoms with E-state index in [2.05, 4.69) is 42.2 Å². The summed E-state index contributed by atoms with van der Waals surface area (Å²) in [6.45, 7) is 10.1. The highest BCUT2D eigenvalue weighted by Crippen LogP contribution is 2.28. The van der Waals surface area contributed by atoms with E-state index in [1.54, 1.807) is 0 Å². The van der Waals surface area contributed by atoms with Gasteiger partial charge < -0.3 is 4.57 Å². The van der Waals surface area contributed by atoms with Crippen LogP contribution >= 0.6 is 11.6 Å². The molecular weight excluding hydrogens is 258 g/mol. The fraction of sp³-hybridized carbons (Fsp3) is 0.600. The SMILES string of the molecule is CC(Cn1c(CCCl)nc2cnccc21)C(C)(C)C. The molecule has 0 saturated carbocycles. The number of nitrogens with zero attached hydrogens (tertiary/aromatic N) is 3. The van der Waals surface area contributed by atoms with E-state index in [9.17, 15) is 0 Å². The second kappa shape index (κ2) is 5.49. The lowest BCUT2D eigenvalue weighted by molar-refractivity contribution is 0.233. The van der Waals surface area contributed by atoms with E-state index in [1.165, 1.54) is 0 Å². The molecule has 0 fully saturated rings. The number of aryl methyl sites for hydroxylation is 1. The van der Waals surface area contributed by atoms with Gasteiger partial charge in [0.15, 0.2) is 0 Å². The normalized spacial score (nSPS) is 13.9. The number of alkyl halides is 1. The van der Waals surface area contributed by atoms with Crippen molar-refractivity contribution in [2.75, 3.05) is 5.88 Å². The molecule has 0 aliphatic carbocycles. The number of rotatable bonds is 4. The fourth-order valence-corrected chi connectivity index (χ4v) is 2.23. The first kappa shape index (κ1) is 14.3. The molecule has 0 saturated heterocycles. The molecule has 0 aliphatic rings. The monoisotopic (exact) mass is 279 g/mol. The molecule has 0 bridgehead atoms. The van der Waals surface area contributed by atoms with Crippen molar-refractivity contribution in [3.8, 4) is 0 Å². The van der Waals surface area contributed by atoms with Gasteiger partial charge in [-0.1, -0.05) is 27.7 Å². The first-order valence-electron chi connectivity index (χ1n) is 6.78. The predicted molar refractivity (Wildman–Crippen MR) is 80.6 cm³/mol. The van der Waals surface area contributed by atoms with Crippen LogP contribution in [-0.2, 0) is 13.0 Å². The van der Waals surface area contributed by atoms with Crippen LogP contribution in [0.5, 0.6) is 0 Å². The maximum absolute atomic E-state index is 5.89. The summed E-state index contributed by atoms with van der Waals surface area (Å²) >= 11 is 5.89. The zero-order chi connectivity index (χ0) is 14.0. The molecule has 2 aromatic rings. The summed E-state index contributed by atoms with van der Waals surface area (Å²) < 4.78 is 2.30. The molecule has 0 spiro atoms. The molecule has 1 unspecified atom stereocenters. The van der Waals surface area contributed by atoms with Crippen molar-refractivity contribution in [1.29, 1.82) is 0 Å². The Morgan fingerprint density at radius 2 is 2.11 bits per heavy atom. The minimum Gasteiger partial charge on any atom is -0.328 e. The molecule has 2 rings (SSSR count). The Balaban J connectivity index is 2.41. The fourth-order valence-electron chi connectivity index (χ4n) is 2.06. The molecule has 3 nitrogen and oxygen atoms in total. The summed E-state index contributed by atoms with van der Waals surface area (Å²) in [5.41, 5.74) is 2.40. The summed E-state index contributed by atoms with van der Waals surface area (Å²) in [5.74, 6) is 2.22. The van der Waals surface area contributed by atoms with Crippen molar-refractivity contribution in [3.63, 3.8) is 0 Å². The van der Waals surface area contributed by atoms with Crippen LogP contribution in [-0.4, -0.2) is 20.4 Å². The van der Waals surface area contributed by atoms with Crippen LogP contribution in [0.1, 0.15) is 33.5 Å². The molecule has 4 heteroatoms. The molecule has 2 heterocycles. The number of halogens is 1. The Labute approximate surface area is 120 Å². The van der Waals surface area contributed by atoms with Crippen molar-refractivity contribution in [1.82, 2.24) is 14.5 Å². The maximum Gasteiger partial charge on any atom is 0.111 e. The maximum atomic E-state index is 5.89. The van der Waals surface area contributed by atoms with Gasteiger partial charge in [-0.15, -0.1) is 11.6 Å². The minimum absolute atomic E-state index is 0.280. The number of hydrogen-bond donors (Lipinski definition) is 0. The highest BCUT2D eigenvalue weighted by Gasteiger charge is 2.22. The van der Waals surface area contributed by atoms with Crippen molar-refractivity contribution >= 4 is 22.6 Å². The Morgan fingerprint density at radius 1 is 1.37 bits per heavy atom. The van der Waals surface area contributed by atoms with E-state index in [0.717, 1.165) is 29.8 Å². The van der Waals surface area contributed by atoms with Gasteiger partial charge >= 0.3 is 0 Å². The molecule has 104 valence electrons. The first-order chi connectivity index (χ1) is 8.93. The molecule has 0 radical (unpaired) electrons. The Hall–Kier alpha value is -1.09. The number of aromatic nitrogens is 3. The first-order valence-corrected chi connectivity index (χ1v) is 7.32. The molecule has 2 aromatic heterocycles. The van der Waals surface area contributed by atoms with Crippen LogP contribution in [0.2, 0.25) is 0 Å².